The standard InChI is InChI=1S/C18H22N2O/c1-13-10-14(2)12-20(11-13)18(21)19-17-9-5-7-15-6-3-4-8-16(15)17/h3-9,13-14H,10-12H2,1-2H3,(H,19,21)/t13-,14-/m0/s1. The lowest BCUT2D eigenvalue weighted by atomic mass is 9.92. The van der Waals surface area contributed by atoms with Crippen LogP contribution in [-0.4, -0.2) is 24.0 Å². The first kappa shape index (κ1) is 13.9. The Labute approximate surface area is 125 Å². The van der Waals surface area contributed by atoms with E-state index < -0.39 is 0 Å². The number of nitrogens with one attached hydrogen (secondary N) is 1. The summed E-state index contributed by atoms with van der Waals surface area (Å²) in [5, 5.41) is 5.32. The predicted molar refractivity (Wildman–Crippen MR) is 87.5 cm³/mol. The van der Waals surface area contributed by atoms with Crippen LogP contribution in [0.2, 0.25) is 0 Å². The topological polar surface area (TPSA) is 32.3 Å². The molecule has 110 valence electrons. The summed E-state index contributed by atoms with van der Waals surface area (Å²) in [7, 11) is 0. The van der Waals surface area contributed by atoms with E-state index in [0.29, 0.717) is 11.8 Å². The molecule has 0 spiro atoms. The number of urea groups is 1. The molecule has 1 saturated heterocycles. The number of amides is 2. The maximum Gasteiger partial charge on any atom is 0.321 e. The minimum Gasteiger partial charge on any atom is -0.324 e. The van der Waals surface area contributed by atoms with Gasteiger partial charge in [-0.2, -0.15) is 0 Å². The molecule has 1 heterocycles. The fourth-order valence-corrected chi connectivity index (χ4v) is 3.36. The Bertz CT molecular complexity index is 637. The maximum atomic E-state index is 12.5. The summed E-state index contributed by atoms with van der Waals surface area (Å²) in [5.41, 5.74) is 0.893. The molecule has 1 N–H and O–H groups in total. The lowest BCUT2D eigenvalue weighted by Crippen LogP contribution is -2.44. The van der Waals surface area contributed by atoms with Gasteiger partial charge < -0.3 is 10.2 Å². The summed E-state index contributed by atoms with van der Waals surface area (Å²) in [6.07, 6.45) is 1.21. The molecule has 1 aliphatic heterocycles. The summed E-state index contributed by atoms with van der Waals surface area (Å²) < 4.78 is 0. The summed E-state index contributed by atoms with van der Waals surface area (Å²) in [6.45, 7) is 6.13. The number of hydrogen-bond acceptors (Lipinski definition) is 1. The zero-order valence-electron chi connectivity index (χ0n) is 12.7. The SMILES string of the molecule is C[C@H]1C[C@H](C)CN(C(=O)Nc2cccc3ccccc23)C1. The third kappa shape index (κ3) is 3.02. The van der Waals surface area contributed by atoms with Gasteiger partial charge in [-0.3, -0.25) is 0 Å². The monoisotopic (exact) mass is 282 g/mol. The van der Waals surface area contributed by atoms with Crippen molar-refractivity contribution >= 4 is 22.5 Å². The molecule has 1 fully saturated rings. The van der Waals surface area contributed by atoms with Gasteiger partial charge in [0.15, 0.2) is 0 Å². The lowest BCUT2D eigenvalue weighted by Gasteiger charge is -2.35. The van der Waals surface area contributed by atoms with E-state index in [1.165, 1.54) is 6.42 Å². The van der Waals surface area contributed by atoms with Gasteiger partial charge in [0.2, 0.25) is 0 Å². The van der Waals surface area contributed by atoms with Crippen LogP contribution in [0.1, 0.15) is 20.3 Å². The molecular weight excluding hydrogens is 260 g/mol. The second-order valence-electron chi connectivity index (χ2n) is 6.31. The van der Waals surface area contributed by atoms with E-state index >= 15 is 0 Å². The number of likely N-dealkylation sites (tertiary alicyclic amines) is 1. The number of carbonyl (C=O) groups is 1. The van der Waals surface area contributed by atoms with Crippen molar-refractivity contribution in [3.05, 3.63) is 42.5 Å². The highest BCUT2D eigenvalue weighted by atomic mass is 16.2. The second kappa shape index (κ2) is 5.76. The number of rotatable bonds is 1. The molecule has 0 aliphatic carbocycles. The smallest absolute Gasteiger partial charge is 0.321 e. The summed E-state index contributed by atoms with van der Waals surface area (Å²) >= 11 is 0. The zero-order valence-corrected chi connectivity index (χ0v) is 12.7. The molecule has 3 nitrogen and oxygen atoms in total. The molecule has 0 bridgehead atoms. The van der Waals surface area contributed by atoms with Gasteiger partial charge in [-0.05, 0) is 29.7 Å². The Balaban J connectivity index is 1.80. The van der Waals surface area contributed by atoms with Crippen LogP contribution < -0.4 is 5.32 Å². The van der Waals surface area contributed by atoms with E-state index in [0.717, 1.165) is 29.5 Å². The molecular formula is C18H22N2O. The highest BCUT2D eigenvalue weighted by molar-refractivity contribution is 6.01. The molecule has 0 unspecified atom stereocenters. The number of piperidine rings is 1. The van der Waals surface area contributed by atoms with Crippen molar-refractivity contribution in [2.24, 2.45) is 11.8 Å². The Morgan fingerprint density at radius 1 is 1.05 bits per heavy atom. The Morgan fingerprint density at radius 3 is 2.48 bits per heavy atom. The normalized spacial score (nSPS) is 22.3. The van der Waals surface area contributed by atoms with Crippen LogP contribution in [-0.2, 0) is 0 Å². The fraction of sp³-hybridized carbons (Fsp3) is 0.389. The first-order valence-corrected chi connectivity index (χ1v) is 7.67. The number of anilines is 1. The molecule has 0 saturated carbocycles. The summed E-state index contributed by atoms with van der Waals surface area (Å²) in [4.78, 5) is 14.5. The quantitative estimate of drug-likeness (QED) is 0.828. The highest BCUT2D eigenvalue weighted by Crippen LogP contribution is 2.25. The third-order valence-electron chi connectivity index (χ3n) is 4.19. The van der Waals surface area contributed by atoms with Crippen molar-refractivity contribution in [2.75, 3.05) is 18.4 Å². The molecule has 2 atom stereocenters. The predicted octanol–water partition coefficient (Wildman–Crippen LogP) is 4.35. The Morgan fingerprint density at radius 2 is 1.71 bits per heavy atom. The number of nitrogens with zero attached hydrogens (tertiary/aromatic N) is 1. The van der Waals surface area contributed by atoms with Gasteiger partial charge in [-0.25, -0.2) is 4.79 Å². The molecule has 3 heteroatoms. The van der Waals surface area contributed by atoms with Gasteiger partial charge in [0, 0.05) is 18.5 Å². The molecule has 1 aliphatic rings. The van der Waals surface area contributed by atoms with Crippen molar-refractivity contribution in [1.29, 1.82) is 0 Å². The van der Waals surface area contributed by atoms with Crippen molar-refractivity contribution in [3.8, 4) is 0 Å². The molecule has 21 heavy (non-hydrogen) atoms. The van der Waals surface area contributed by atoms with Crippen molar-refractivity contribution in [1.82, 2.24) is 4.90 Å². The van der Waals surface area contributed by atoms with Crippen LogP contribution in [0.5, 0.6) is 0 Å². The number of fused-ring (bicyclic) bond motifs is 1. The number of benzene rings is 2. The first-order chi connectivity index (χ1) is 10.1. The second-order valence-corrected chi connectivity index (χ2v) is 6.31. The van der Waals surface area contributed by atoms with Crippen LogP contribution >= 0.6 is 0 Å². The van der Waals surface area contributed by atoms with Crippen molar-refractivity contribution < 1.29 is 4.79 Å². The van der Waals surface area contributed by atoms with Crippen LogP contribution in [0.4, 0.5) is 10.5 Å². The minimum absolute atomic E-state index is 0.0183. The van der Waals surface area contributed by atoms with Crippen LogP contribution in [0.25, 0.3) is 10.8 Å². The van der Waals surface area contributed by atoms with E-state index in [1.807, 2.05) is 35.2 Å². The fourth-order valence-electron chi connectivity index (χ4n) is 3.36. The maximum absolute atomic E-state index is 12.5. The average molecular weight is 282 g/mol. The zero-order chi connectivity index (χ0) is 14.8. The number of carbonyl (C=O) groups excluding carboxylic acids is 1. The van der Waals surface area contributed by atoms with Gasteiger partial charge in [0.05, 0.1) is 5.69 Å². The van der Waals surface area contributed by atoms with Crippen molar-refractivity contribution in [2.45, 2.75) is 20.3 Å². The van der Waals surface area contributed by atoms with E-state index in [4.69, 9.17) is 0 Å². The first-order valence-electron chi connectivity index (χ1n) is 7.67. The molecule has 0 aromatic heterocycles. The van der Waals surface area contributed by atoms with Crippen LogP contribution in [0, 0.1) is 11.8 Å². The van der Waals surface area contributed by atoms with E-state index in [1.54, 1.807) is 0 Å². The molecule has 0 radical (unpaired) electrons. The molecule has 2 amide bonds. The molecule has 2 aromatic rings. The summed E-state index contributed by atoms with van der Waals surface area (Å²) in [6, 6.07) is 14.2. The van der Waals surface area contributed by atoms with Gasteiger partial charge in [-0.15, -0.1) is 0 Å². The van der Waals surface area contributed by atoms with Gasteiger partial charge in [-0.1, -0.05) is 50.2 Å². The van der Waals surface area contributed by atoms with Gasteiger partial charge in [0.25, 0.3) is 0 Å². The summed E-state index contributed by atoms with van der Waals surface area (Å²) in [5.74, 6) is 1.15. The third-order valence-corrected chi connectivity index (χ3v) is 4.19. The largest absolute Gasteiger partial charge is 0.324 e. The van der Waals surface area contributed by atoms with E-state index in [2.05, 4.69) is 31.3 Å². The lowest BCUT2D eigenvalue weighted by molar-refractivity contribution is 0.156. The molecule has 2 aromatic carbocycles. The average Bonchev–Trinajstić information content (AvgIpc) is 2.46. The van der Waals surface area contributed by atoms with Gasteiger partial charge in [0.1, 0.15) is 0 Å². The Kier molecular flexibility index (Phi) is 3.82. The van der Waals surface area contributed by atoms with Crippen molar-refractivity contribution in [3.63, 3.8) is 0 Å². The van der Waals surface area contributed by atoms with Crippen LogP contribution in [0.15, 0.2) is 42.5 Å². The highest BCUT2D eigenvalue weighted by Gasteiger charge is 2.25. The van der Waals surface area contributed by atoms with Crippen LogP contribution in [0.3, 0.4) is 0 Å². The molecule has 3 rings (SSSR count). The minimum atomic E-state index is 0.0183. The van der Waals surface area contributed by atoms with E-state index in [9.17, 15) is 4.79 Å². The van der Waals surface area contributed by atoms with Gasteiger partial charge >= 0.3 is 6.03 Å². The number of hydrogen-bond donors (Lipinski definition) is 1. The van der Waals surface area contributed by atoms with E-state index in [-0.39, 0.29) is 6.03 Å². The Hall–Kier alpha value is -2.03.